The number of benzene rings is 6. The molecule has 396 valence electrons. The first-order valence-corrected chi connectivity index (χ1v) is 24.1. The van der Waals surface area contributed by atoms with Crippen molar-refractivity contribution in [2.45, 2.75) is 44.9 Å². The number of nitrogens with zero attached hydrogens (tertiary/aromatic N) is 2. The number of rotatable bonds is 18. The van der Waals surface area contributed by atoms with Crippen LogP contribution in [-0.4, -0.2) is 77.0 Å². The second-order valence-corrected chi connectivity index (χ2v) is 18.3. The Morgan fingerprint density at radius 1 is 0.494 bits per heavy atom. The predicted octanol–water partition coefficient (Wildman–Crippen LogP) is 10.7. The molecule has 16 nitrogen and oxygen atoms in total. The van der Waals surface area contributed by atoms with Crippen molar-refractivity contribution in [2.24, 2.45) is 10.8 Å². The van der Waals surface area contributed by atoms with Gasteiger partial charge in [0, 0.05) is 66.3 Å². The lowest BCUT2D eigenvalue weighted by Gasteiger charge is -2.14. The summed E-state index contributed by atoms with van der Waals surface area (Å²) in [4.78, 5) is 58.4. The predicted molar refractivity (Wildman–Crippen MR) is 280 cm³/mol. The molecule has 0 spiro atoms. The number of carbonyl (C=O) groups is 4. The van der Waals surface area contributed by atoms with Gasteiger partial charge >= 0.3 is 5.97 Å². The number of aliphatic carboxylic acids is 1. The number of hydrogen-bond donors (Lipinski definition) is 4. The second kappa shape index (κ2) is 23.1. The number of ketones is 3. The van der Waals surface area contributed by atoms with Gasteiger partial charge in [0.25, 0.3) is 0 Å². The number of anilines is 1. The van der Waals surface area contributed by atoms with Crippen molar-refractivity contribution in [3.63, 3.8) is 0 Å². The lowest BCUT2D eigenvalue weighted by atomic mass is 9.88. The van der Waals surface area contributed by atoms with Gasteiger partial charge in [-0.15, -0.1) is 0 Å². The fourth-order valence-electron chi connectivity index (χ4n) is 8.51. The summed E-state index contributed by atoms with van der Waals surface area (Å²) in [5, 5.41) is 29.0. The van der Waals surface area contributed by atoms with Crippen molar-refractivity contribution in [2.75, 3.05) is 34.2 Å². The molecule has 10 rings (SSSR count). The van der Waals surface area contributed by atoms with Crippen LogP contribution in [0.2, 0.25) is 0 Å². The Bertz CT molecular complexity index is 3510. The van der Waals surface area contributed by atoms with Crippen molar-refractivity contribution in [3.8, 4) is 57.5 Å². The molecule has 2 aliphatic rings. The van der Waals surface area contributed by atoms with Crippen LogP contribution in [0.1, 0.15) is 42.4 Å². The number of halogens is 2. The summed E-state index contributed by atoms with van der Waals surface area (Å²) in [6.45, 7) is 0. The summed E-state index contributed by atoms with van der Waals surface area (Å²) >= 11 is 0. The van der Waals surface area contributed by atoms with Crippen molar-refractivity contribution >= 4 is 50.8 Å². The fraction of sp³-hybridized carbons (Fsp3) is 0.220. The first-order chi connectivity index (χ1) is 37.0. The Morgan fingerprint density at radius 3 is 1.25 bits per heavy atom. The Morgan fingerprint density at radius 2 is 0.870 bits per heavy atom. The molecule has 5 N–H and O–H groups in total. The molecule has 0 amide bonds. The van der Waals surface area contributed by atoms with Crippen LogP contribution in [0.4, 0.5) is 14.5 Å². The average Bonchev–Trinajstić information content (AvgIpc) is 4.43. The SMILES string of the molecule is COc1cc2nccc(Oc3ccc(CC(=O)C4(C(=O)Cc5ccc(F)c(O)c5)CC4)cc3)c2cc1OC.COc1cc2nccc(Oc3ccc(CC(=O)C4(C(=O)O)CC4)cc3)c2cc1OC.Nc1ccc(F)c(O)c1. The molecule has 0 atom stereocenters. The summed E-state index contributed by atoms with van der Waals surface area (Å²) in [6.07, 6.45) is 5.34. The van der Waals surface area contributed by atoms with Crippen LogP contribution in [0.15, 0.2) is 134 Å². The molecule has 18 heteroatoms. The van der Waals surface area contributed by atoms with Gasteiger partial charge in [0.2, 0.25) is 0 Å². The summed E-state index contributed by atoms with van der Waals surface area (Å²) < 4.78 is 59.1. The topological polar surface area (TPSA) is 236 Å². The van der Waals surface area contributed by atoms with E-state index >= 15 is 0 Å². The van der Waals surface area contributed by atoms with Crippen LogP contribution in [0.5, 0.6) is 57.5 Å². The molecule has 8 aromatic rings. The fourth-order valence-corrected chi connectivity index (χ4v) is 8.51. The summed E-state index contributed by atoms with van der Waals surface area (Å²) in [5.41, 5.74) is 6.78. The number of carbonyl (C=O) groups excluding carboxylic acids is 3. The number of Topliss-reactive ketones (excluding diaryl/α,β-unsaturated/α-hetero) is 3. The zero-order valence-electron chi connectivity index (χ0n) is 42.3. The molecule has 0 aliphatic heterocycles. The maximum Gasteiger partial charge on any atom is 0.317 e. The van der Waals surface area contributed by atoms with Crippen molar-refractivity contribution < 1.29 is 71.7 Å². The number of methoxy groups -OCH3 is 4. The number of nitrogens with two attached hydrogens (primary N) is 1. The highest BCUT2D eigenvalue weighted by atomic mass is 19.1. The van der Waals surface area contributed by atoms with Gasteiger partial charge in [-0.25, -0.2) is 8.78 Å². The van der Waals surface area contributed by atoms with E-state index in [1.807, 2.05) is 12.1 Å². The van der Waals surface area contributed by atoms with Crippen LogP contribution in [0.25, 0.3) is 21.8 Å². The highest BCUT2D eigenvalue weighted by molar-refractivity contribution is 6.11. The van der Waals surface area contributed by atoms with E-state index in [9.17, 15) is 38.2 Å². The maximum absolute atomic E-state index is 13.3. The smallest absolute Gasteiger partial charge is 0.317 e. The van der Waals surface area contributed by atoms with Crippen LogP contribution < -0.4 is 34.2 Å². The number of pyridine rings is 2. The third-order valence-electron chi connectivity index (χ3n) is 13.3. The number of fused-ring (bicyclic) bond motifs is 2. The van der Waals surface area contributed by atoms with Crippen molar-refractivity contribution in [1.29, 1.82) is 0 Å². The molecule has 2 fully saturated rings. The summed E-state index contributed by atoms with van der Waals surface area (Å²) in [6, 6.07) is 32.4. The maximum atomic E-state index is 13.3. The van der Waals surface area contributed by atoms with Crippen molar-refractivity contribution in [3.05, 3.63) is 162 Å². The number of hydrogen-bond acceptors (Lipinski definition) is 15. The van der Waals surface area contributed by atoms with E-state index in [2.05, 4.69) is 9.97 Å². The minimum absolute atomic E-state index is 0.0249. The van der Waals surface area contributed by atoms with Gasteiger partial charge in [0.1, 0.15) is 28.4 Å². The van der Waals surface area contributed by atoms with E-state index in [-0.39, 0.29) is 36.6 Å². The van der Waals surface area contributed by atoms with Gasteiger partial charge < -0.3 is 49.5 Å². The van der Waals surface area contributed by atoms with Gasteiger partial charge in [-0.3, -0.25) is 29.1 Å². The monoisotopic (exact) mass is 1050 g/mol. The van der Waals surface area contributed by atoms with Gasteiger partial charge in [0.05, 0.1) is 44.9 Å². The van der Waals surface area contributed by atoms with Crippen LogP contribution >= 0.6 is 0 Å². The van der Waals surface area contributed by atoms with Gasteiger partial charge in [-0.05, 0) is 115 Å². The number of carboxylic acids is 1. The first kappa shape index (κ1) is 54.0. The molecule has 2 heterocycles. The highest BCUT2D eigenvalue weighted by Crippen LogP contribution is 2.49. The van der Waals surface area contributed by atoms with Crippen molar-refractivity contribution in [1.82, 2.24) is 9.97 Å². The Kier molecular flexibility index (Phi) is 16.2. The molecule has 2 saturated carbocycles. The van der Waals surface area contributed by atoms with Crippen LogP contribution in [-0.2, 0) is 38.4 Å². The third kappa shape index (κ3) is 12.3. The quantitative estimate of drug-likeness (QED) is 0.0462. The molecular weight excluding hydrogens is 997 g/mol. The molecule has 0 radical (unpaired) electrons. The number of aromatic hydroxyl groups is 2. The minimum atomic E-state index is -1.18. The number of nitrogen functional groups attached to an aromatic ring is 1. The normalized spacial score (nSPS) is 13.4. The van der Waals surface area contributed by atoms with E-state index < -0.39 is 39.9 Å². The largest absolute Gasteiger partial charge is 0.505 e. The first-order valence-electron chi connectivity index (χ1n) is 24.1. The lowest BCUT2D eigenvalue weighted by Crippen LogP contribution is -2.28. The molecule has 0 unspecified atom stereocenters. The van der Waals surface area contributed by atoms with E-state index in [1.54, 1.807) is 114 Å². The minimum Gasteiger partial charge on any atom is -0.505 e. The van der Waals surface area contributed by atoms with Crippen LogP contribution in [0.3, 0.4) is 0 Å². The zero-order chi connectivity index (χ0) is 55.0. The zero-order valence-corrected chi connectivity index (χ0v) is 42.3. The van der Waals surface area contributed by atoms with Crippen LogP contribution in [0, 0.1) is 22.5 Å². The Balaban J connectivity index is 0.000000178. The van der Waals surface area contributed by atoms with Gasteiger partial charge in [0.15, 0.2) is 63.5 Å². The molecule has 6 aromatic carbocycles. The Labute approximate surface area is 440 Å². The van der Waals surface area contributed by atoms with Gasteiger partial charge in [-0.1, -0.05) is 30.3 Å². The van der Waals surface area contributed by atoms with E-state index in [0.29, 0.717) is 94.0 Å². The number of carboxylic acid groups (broad SMARTS) is 1. The number of phenols is 2. The number of aromatic nitrogens is 2. The Hall–Kier alpha value is -9.32. The number of phenolic OH excluding ortho intramolecular Hbond substituents is 2. The van der Waals surface area contributed by atoms with E-state index in [1.165, 1.54) is 18.2 Å². The average molecular weight is 1050 g/mol. The summed E-state index contributed by atoms with van der Waals surface area (Å²) in [5.74, 6) is 0.735. The highest BCUT2D eigenvalue weighted by Gasteiger charge is 2.56. The second-order valence-electron chi connectivity index (χ2n) is 18.3. The molecular formula is C59H53F2N3O13. The molecule has 77 heavy (non-hydrogen) atoms. The number of ether oxygens (including phenoxy) is 6. The van der Waals surface area contributed by atoms with E-state index in [0.717, 1.165) is 40.1 Å². The molecule has 2 aliphatic carbocycles. The summed E-state index contributed by atoms with van der Waals surface area (Å²) in [7, 11) is 6.26. The molecule has 0 bridgehead atoms. The lowest BCUT2D eigenvalue weighted by molar-refractivity contribution is -0.148. The molecule has 0 saturated heterocycles. The third-order valence-corrected chi connectivity index (χ3v) is 13.3. The van der Waals surface area contributed by atoms with E-state index in [4.69, 9.17) is 39.3 Å². The van der Waals surface area contributed by atoms with Gasteiger partial charge in [-0.2, -0.15) is 0 Å². The molecule has 2 aromatic heterocycles. The standard InChI is InChI=1S/C30H26FNO6.C23H21NO6.C6H6FNO/c1-36-26-16-21-23(17-27(26)37-2)32-12-9-25(21)38-20-6-3-18(4-7-20)14-28(34)30(10-11-30)29(35)15-19-5-8-22(31)24(33)13-19;1-28-19-12-16-17(13-20(19)29-2)24-10-7-18(16)30-15-5-3-14(4-6-15)11-21(25)23(8-9-23)22(26)27;7-5-2-1-4(8)3-6(5)9/h3-9,12-13,16-17,33H,10-11,14-15H2,1-2H3;3-7,10,12-13H,8-9,11H2,1-2H3,(H,26,27);1-3,9H,8H2.